The van der Waals surface area contributed by atoms with Crippen molar-refractivity contribution in [2.75, 3.05) is 7.11 Å². The number of carbonyl (C=O) groups is 1. The van der Waals surface area contributed by atoms with Crippen LogP contribution in [-0.2, 0) is 17.9 Å². The number of fused-ring (bicyclic) bond motifs is 1. The number of ether oxygens (including phenoxy) is 1. The molecule has 6 heteroatoms. The number of hydrogen-bond acceptors (Lipinski definition) is 4. The van der Waals surface area contributed by atoms with Crippen molar-refractivity contribution >= 4 is 16.8 Å². The molecule has 1 aromatic heterocycles. The first-order chi connectivity index (χ1) is 11.7. The van der Waals surface area contributed by atoms with Gasteiger partial charge in [-0.3, -0.25) is 14.3 Å². The molecule has 0 unspecified atom stereocenters. The number of methoxy groups -OCH3 is 1. The minimum atomic E-state index is -0.181. The summed E-state index contributed by atoms with van der Waals surface area (Å²) in [6, 6.07) is 14.6. The molecule has 6 nitrogen and oxygen atoms in total. The molecule has 1 heterocycles. The van der Waals surface area contributed by atoms with E-state index >= 15 is 0 Å². The first kappa shape index (κ1) is 15.7. The first-order valence-corrected chi connectivity index (χ1v) is 7.52. The number of hydrogen-bond donors (Lipinski definition) is 1. The van der Waals surface area contributed by atoms with Gasteiger partial charge < -0.3 is 10.1 Å². The van der Waals surface area contributed by atoms with Crippen LogP contribution < -0.4 is 15.5 Å². The number of amides is 1. The number of carbonyl (C=O) groups excluding carboxylic acids is 1. The molecule has 122 valence electrons. The lowest BCUT2D eigenvalue weighted by Crippen LogP contribution is -2.28. The molecule has 0 atom stereocenters. The van der Waals surface area contributed by atoms with Gasteiger partial charge >= 0.3 is 0 Å². The van der Waals surface area contributed by atoms with E-state index in [0.29, 0.717) is 17.4 Å². The topological polar surface area (TPSA) is 73.2 Å². The summed E-state index contributed by atoms with van der Waals surface area (Å²) in [5.41, 5.74) is 1.43. The molecular weight excluding hydrogens is 306 g/mol. The summed E-state index contributed by atoms with van der Waals surface area (Å²) in [6.07, 6.45) is 1.23. The number of para-hydroxylation sites is 1. The Hall–Kier alpha value is -3.15. The highest BCUT2D eigenvalue weighted by Crippen LogP contribution is 2.12. The van der Waals surface area contributed by atoms with Crippen LogP contribution in [0.15, 0.2) is 59.5 Å². The lowest BCUT2D eigenvalue weighted by Gasteiger charge is -2.10. The van der Waals surface area contributed by atoms with Crippen molar-refractivity contribution < 1.29 is 9.53 Å². The van der Waals surface area contributed by atoms with Gasteiger partial charge in [-0.25, -0.2) is 0 Å². The Morgan fingerprint density at radius 1 is 1.21 bits per heavy atom. The van der Waals surface area contributed by atoms with Gasteiger partial charge in [0.15, 0.2) is 0 Å². The largest absolute Gasteiger partial charge is 0.497 e. The molecular formula is C18H17N3O3. The molecule has 0 aliphatic heterocycles. The highest BCUT2D eigenvalue weighted by molar-refractivity contribution is 5.81. The summed E-state index contributed by atoms with van der Waals surface area (Å²) in [4.78, 5) is 24.0. The summed E-state index contributed by atoms with van der Waals surface area (Å²) in [6.45, 7) is 0.443. The van der Waals surface area contributed by atoms with Crippen molar-refractivity contribution in [3.8, 4) is 5.75 Å². The van der Waals surface area contributed by atoms with Crippen LogP contribution in [0.1, 0.15) is 5.56 Å². The molecule has 0 bridgehead atoms. The van der Waals surface area contributed by atoms with Crippen molar-refractivity contribution in [1.82, 2.24) is 15.1 Å². The van der Waals surface area contributed by atoms with E-state index in [1.54, 1.807) is 25.3 Å². The van der Waals surface area contributed by atoms with E-state index in [9.17, 15) is 9.59 Å². The zero-order chi connectivity index (χ0) is 16.9. The first-order valence-electron chi connectivity index (χ1n) is 7.52. The van der Waals surface area contributed by atoms with Crippen LogP contribution in [0.4, 0.5) is 0 Å². The van der Waals surface area contributed by atoms with Gasteiger partial charge in [0.1, 0.15) is 12.3 Å². The summed E-state index contributed by atoms with van der Waals surface area (Å²) in [5, 5.41) is 7.45. The maximum absolute atomic E-state index is 12.2. The molecule has 0 spiro atoms. The van der Waals surface area contributed by atoms with Gasteiger partial charge in [0, 0.05) is 11.9 Å². The second kappa shape index (κ2) is 6.95. The molecule has 3 aromatic rings. The zero-order valence-electron chi connectivity index (χ0n) is 13.2. The molecule has 0 aliphatic rings. The van der Waals surface area contributed by atoms with Crippen molar-refractivity contribution in [3.63, 3.8) is 0 Å². The number of nitrogens with one attached hydrogen (secondary N) is 1. The van der Waals surface area contributed by atoms with Gasteiger partial charge in [0.2, 0.25) is 11.3 Å². The fraction of sp³-hybridized carbons (Fsp3) is 0.167. The fourth-order valence-corrected chi connectivity index (χ4v) is 2.46. The Labute approximate surface area is 138 Å². The fourth-order valence-electron chi connectivity index (χ4n) is 2.46. The molecule has 1 N–H and O–H groups in total. The van der Waals surface area contributed by atoms with Crippen LogP contribution >= 0.6 is 0 Å². The maximum atomic E-state index is 12.2. The van der Waals surface area contributed by atoms with Crippen molar-refractivity contribution in [1.29, 1.82) is 0 Å². The third-order valence-corrected chi connectivity index (χ3v) is 3.68. The Morgan fingerprint density at radius 3 is 2.88 bits per heavy atom. The van der Waals surface area contributed by atoms with Crippen LogP contribution in [0.25, 0.3) is 10.9 Å². The monoisotopic (exact) mass is 323 g/mol. The molecule has 24 heavy (non-hydrogen) atoms. The Kier molecular flexibility index (Phi) is 4.56. The lowest BCUT2D eigenvalue weighted by atomic mass is 10.2. The van der Waals surface area contributed by atoms with Crippen LogP contribution in [0, 0.1) is 0 Å². The predicted molar refractivity (Wildman–Crippen MR) is 90.8 cm³/mol. The number of rotatable bonds is 5. The summed E-state index contributed by atoms with van der Waals surface area (Å²) in [5.74, 6) is 0.564. The zero-order valence-corrected chi connectivity index (χ0v) is 13.2. The predicted octanol–water partition coefficient (Wildman–Crippen LogP) is 1.72. The molecule has 3 rings (SSSR count). The molecule has 0 fully saturated rings. The highest BCUT2D eigenvalue weighted by Gasteiger charge is 2.08. The van der Waals surface area contributed by atoms with Crippen molar-refractivity contribution in [3.05, 3.63) is 70.5 Å². The number of nitrogens with zero attached hydrogens (tertiary/aromatic N) is 2. The summed E-state index contributed by atoms with van der Waals surface area (Å²) < 4.78 is 6.69. The van der Waals surface area contributed by atoms with E-state index in [0.717, 1.165) is 11.3 Å². The van der Waals surface area contributed by atoms with E-state index in [-0.39, 0.29) is 17.9 Å². The number of aromatic nitrogens is 2. The van der Waals surface area contributed by atoms with Gasteiger partial charge in [-0.1, -0.05) is 24.3 Å². The normalized spacial score (nSPS) is 10.5. The number of benzene rings is 2. The van der Waals surface area contributed by atoms with Gasteiger partial charge in [-0.2, -0.15) is 5.10 Å². The van der Waals surface area contributed by atoms with Gasteiger partial charge in [0.05, 0.1) is 18.8 Å². The summed E-state index contributed by atoms with van der Waals surface area (Å²) in [7, 11) is 1.60. The Morgan fingerprint density at radius 2 is 2.04 bits per heavy atom. The molecule has 0 saturated carbocycles. The van der Waals surface area contributed by atoms with Crippen molar-refractivity contribution in [2.45, 2.75) is 13.1 Å². The summed E-state index contributed by atoms with van der Waals surface area (Å²) >= 11 is 0. The van der Waals surface area contributed by atoms with Crippen LogP contribution in [0.5, 0.6) is 5.75 Å². The maximum Gasteiger partial charge on any atom is 0.242 e. The Bertz CT molecular complexity index is 934. The van der Waals surface area contributed by atoms with Crippen LogP contribution in [-0.4, -0.2) is 22.8 Å². The van der Waals surface area contributed by atoms with E-state index in [1.165, 1.54) is 10.9 Å². The van der Waals surface area contributed by atoms with Crippen LogP contribution in [0.2, 0.25) is 0 Å². The van der Waals surface area contributed by atoms with Gasteiger partial charge in [-0.15, -0.1) is 0 Å². The minimum absolute atomic E-state index is 0.0464. The molecule has 0 aliphatic carbocycles. The lowest BCUT2D eigenvalue weighted by molar-refractivity contribution is -0.121. The van der Waals surface area contributed by atoms with Crippen molar-refractivity contribution in [2.24, 2.45) is 0 Å². The smallest absolute Gasteiger partial charge is 0.242 e. The van der Waals surface area contributed by atoms with E-state index < -0.39 is 0 Å². The molecule has 2 aromatic carbocycles. The standard InChI is InChI=1S/C18H17N3O3/c1-24-14-6-4-5-13(9-14)10-19-18(23)12-21-16-8-3-2-7-15(16)17(22)11-20-21/h2-9,11H,10,12H2,1H3,(H,19,23). The molecule has 0 saturated heterocycles. The van der Waals surface area contributed by atoms with E-state index in [2.05, 4.69) is 10.4 Å². The highest BCUT2D eigenvalue weighted by atomic mass is 16.5. The second-order valence-corrected chi connectivity index (χ2v) is 5.31. The van der Waals surface area contributed by atoms with Gasteiger partial charge in [-0.05, 0) is 29.8 Å². The molecule has 0 radical (unpaired) electrons. The second-order valence-electron chi connectivity index (χ2n) is 5.31. The average molecular weight is 323 g/mol. The molecule has 1 amide bonds. The third kappa shape index (κ3) is 3.43. The van der Waals surface area contributed by atoms with E-state index in [1.807, 2.05) is 30.3 Å². The SMILES string of the molecule is COc1cccc(CNC(=O)Cn2ncc(=O)c3ccccc32)c1. The quantitative estimate of drug-likeness (QED) is 0.776. The minimum Gasteiger partial charge on any atom is -0.497 e. The van der Waals surface area contributed by atoms with E-state index in [4.69, 9.17) is 4.74 Å². The third-order valence-electron chi connectivity index (χ3n) is 3.68. The van der Waals surface area contributed by atoms with Gasteiger partial charge in [0.25, 0.3) is 0 Å². The Balaban J connectivity index is 1.71. The van der Waals surface area contributed by atoms with Crippen LogP contribution in [0.3, 0.4) is 0 Å². The average Bonchev–Trinajstić information content (AvgIpc) is 2.63.